The van der Waals surface area contributed by atoms with E-state index in [-0.39, 0.29) is 0 Å². The van der Waals surface area contributed by atoms with Gasteiger partial charge in [-0.1, -0.05) is 0 Å². The van der Waals surface area contributed by atoms with Gasteiger partial charge in [0.25, 0.3) is 0 Å². The molecule has 0 aliphatic heterocycles. The molecule has 110 valence electrons. The normalized spacial score (nSPS) is 11.8. The highest BCUT2D eigenvalue weighted by atomic mass is 32.1. The number of anilines is 1. The molecule has 0 aliphatic carbocycles. The quantitative estimate of drug-likeness (QED) is 0.848. The van der Waals surface area contributed by atoms with Crippen LogP contribution in [0.2, 0.25) is 0 Å². The fourth-order valence-corrected chi connectivity index (χ4v) is 3.25. The molecule has 0 saturated carbocycles. The van der Waals surface area contributed by atoms with E-state index < -0.39 is 0 Å². The molecule has 0 saturated heterocycles. The van der Waals surface area contributed by atoms with E-state index in [4.69, 9.17) is 4.98 Å². The first-order valence-corrected chi connectivity index (χ1v) is 7.92. The first-order chi connectivity index (χ1) is 9.40. The van der Waals surface area contributed by atoms with Crippen molar-refractivity contribution >= 4 is 27.4 Å². The fourth-order valence-electron chi connectivity index (χ4n) is 2.29. The number of thiophene rings is 1. The molecule has 0 spiro atoms. The van der Waals surface area contributed by atoms with Crippen LogP contribution in [0.1, 0.15) is 25.2 Å². The molecule has 0 atom stereocenters. The summed E-state index contributed by atoms with van der Waals surface area (Å²) in [5.74, 6) is 1.94. The Kier molecular flexibility index (Phi) is 4.60. The first kappa shape index (κ1) is 15.2. The van der Waals surface area contributed by atoms with E-state index >= 15 is 0 Å². The number of aryl methyl sites for hydroxylation is 2. The van der Waals surface area contributed by atoms with Gasteiger partial charge in [0.15, 0.2) is 0 Å². The third-order valence-corrected chi connectivity index (χ3v) is 4.38. The van der Waals surface area contributed by atoms with Crippen LogP contribution in [0.5, 0.6) is 0 Å². The predicted molar refractivity (Wildman–Crippen MR) is 87.9 cm³/mol. The smallest absolute Gasteiger partial charge is 0.141 e. The van der Waals surface area contributed by atoms with Gasteiger partial charge in [0.2, 0.25) is 0 Å². The summed E-state index contributed by atoms with van der Waals surface area (Å²) >= 11 is 1.71. The summed E-state index contributed by atoms with van der Waals surface area (Å²) < 4.78 is 0. The Balaban J connectivity index is 2.49. The maximum Gasteiger partial charge on any atom is 0.141 e. The fraction of sp³-hybridized carbons (Fsp3) is 0.600. The summed E-state index contributed by atoms with van der Waals surface area (Å²) in [5, 5.41) is 3.39. The van der Waals surface area contributed by atoms with Crippen molar-refractivity contribution < 1.29 is 0 Å². The Morgan fingerprint density at radius 2 is 1.85 bits per heavy atom. The standard InChI is InChI=1S/C15H24N4S/c1-10(2)19(8-7-18(5)6)14-13-11(3)9-20-15(13)17-12(4)16-14/h9-10H,7-8H2,1-6H3. The van der Waals surface area contributed by atoms with Gasteiger partial charge in [-0.25, -0.2) is 9.97 Å². The third-order valence-electron chi connectivity index (χ3n) is 3.39. The number of rotatable bonds is 5. The van der Waals surface area contributed by atoms with Crippen LogP contribution in [0.4, 0.5) is 5.82 Å². The lowest BCUT2D eigenvalue weighted by molar-refractivity contribution is 0.407. The van der Waals surface area contributed by atoms with E-state index in [2.05, 4.69) is 55.0 Å². The summed E-state index contributed by atoms with van der Waals surface area (Å²) in [6, 6.07) is 0.423. The molecule has 0 unspecified atom stereocenters. The second kappa shape index (κ2) is 6.06. The van der Waals surface area contributed by atoms with Crippen LogP contribution >= 0.6 is 11.3 Å². The third kappa shape index (κ3) is 3.10. The minimum Gasteiger partial charge on any atom is -0.352 e. The molecule has 20 heavy (non-hydrogen) atoms. The van der Waals surface area contributed by atoms with Crippen molar-refractivity contribution in [1.29, 1.82) is 0 Å². The molecule has 0 radical (unpaired) electrons. The van der Waals surface area contributed by atoms with Gasteiger partial charge in [-0.3, -0.25) is 0 Å². The Morgan fingerprint density at radius 3 is 2.45 bits per heavy atom. The van der Waals surface area contributed by atoms with Gasteiger partial charge in [0.05, 0.1) is 5.39 Å². The molecule has 2 aromatic rings. The van der Waals surface area contributed by atoms with Crippen LogP contribution in [-0.4, -0.2) is 48.1 Å². The zero-order valence-corrected chi connectivity index (χ0v) is 14.1. The minimum atomic E-state index is 0.423. The monoisotopic (exact) mass is 292 g/mol. The van der Waals surface area contributed by atoms with Crippen LogP contribution in [0.25, 0.3) is 10.2 Å². The highest BCUT2D eigenvalue weighted by molar-refractivity contribution is 7.17. The van der Waals surface area contributed by atoms with Crippen LogP contribution in [-0.2, 0) is 0 Å². The number of aromatic nitrogens is 2. The van der Waals surface area contributed by atoms with Gasteiger partial charge in [0.1, 0.15) is 16.5 Å². The average Bonchev–Trinajstić information content (AvgIpc) is 2.70. The van der Waals surface area contributed by atoms with Gasteiger partial charge in [0, 0.05) is 19.1 Å². The van der Waals surface area contributed by atoms with E-state index in [1.54, 1.807) is 11.3 Å². The van der Waals surface area contributed by atoms with Gasteiger partial charge in [-0.15, -0.1) is 11.3 Å². The van der Waals surface area contributed by atoms with Crippen molar-refractivity contribution in [2.75, 3.05) is 32.1 Å². The molecule has 2 rings (SSSR count). The maximum absolute atomic E-state index is 4.74. The van der Waals surface area contributed by atoms with Crippen molar-refractivity contribution in [1.82, 2.24) is 14.9 Å². The maximum atomic E-state index is 4.74. The number of hydrogen-bond donors (Lipinski definition) is 0. The summed E-state index contributed by atoms with van der Waals surface area (Å²) in [6.45, 7) is 10.6. The van der Waals surface area contributed by atoms with Crippen molar-refractivity contribution in [3.8, 4) is 0 Å². The van der Waals surface area contributed by atoms with E-state index in [0.717, 1.165) is 29.6 Å². The molecule has 0 aromatic carbocycles. The van der Waals surface area contributed by atoms with Gasteiger partial charge < -0.3 is 9.80 Å². The lowest BCUT2D eigenvalue weighted by Crippen LogP contribution is -2.37. The first-order valence-electron chi connectivity index (χ1n) is 7.04. The number of fused-ring (bicyclic) bond motifs is 1. The van der Waals surface area contributed by atoms with E-state index in [9.17, 15) is 0 Å². The average molecular weight is 292 g/mol. The molecule has 0 fully saturated rings. The van der Waals surface area contributed by atoms with Crippen LogP contribution in [0, 0.1) is 13.8 Å². The van der Waals surface area contributed by atoms with E-state index in [0.29, 0.717) is 6.04 Å². The summed E-state index contributed by atoms with van der Waals surface area (Å²) in [6.07, 6.45) is 0. The van der Waals surface area contributed by atoms with Crippen molar-refractivity contribution in [3.63, 3.8) is 0 Å². The van der Waals surface area contributed by atoms with Gasteiger partial charge in [-0.05, 0) is 52.7 Å². The SMILES string of the molecule is Cc1nc(N(CCN(C)C)C(C)C)c2c(C)csc2n1. The number of likely N-dealkylation sites (N-methyl/N-ethyl adjacent to an activating group) is 1. The minimum absolute atomic E-state index is 0.423. The molecule has 0 bridgehead atoms. The molecular formula is C15H24N4S. The molecule has 4 nitrogen and oxygen atoms in total. The molecule has 0 N–H and O–H groups in total. The molecule has 2 aromatic heterocycles. The number of nitrogens with zero attached hydrogens (tertiary/aromatic N) is 4. The second-order valence-corrected chi connectivity index (χ2v) is 6.64. The summed E-state index contributed by atoms with van der Waals surface area (Å²) in [4.78, 5) is 15.0. The van der Waals surface area contributed by atoms with E-state index in [1.807, 2.05) is 6.92 Å². The highest BCUT2D eigenvalue weighted by Crippen LogP contribution is 2.32. The van der Waals surface area contributed by atoms with Gasteiger partial charge >= 0.3 is 0 Å². The molecule has 0 amide bonds. The molecule has 2 heterocycles. The lowest BCUT2D eigenvalue weighted by Gasteiger charge is -2.30. The lowest BCUT2D eigenvalue weighted by atomic mass is 10.2. The Morgan fingerprint density at radius 1 is 1.15 bits per heavy atom. The predicted octanol–water partition coefficient (Wildman–Crippen LogP) is 3.08. The topological polar surface area (TPSA) is 32.3 Å². The summed E-state index contributed by atoms with van der Waals surface area (Å²) in [5.41, 5.74) is 1.27. The Labute approximate surface area is 125 Å². The molecule has 5 heteroatoms. The van der Waals surface area contributed by atoms with Crippen molar-refractivity contribution in [3.05, 3.63) is 16.8 Å². The Hall–Kier alpha value is -1.20. The largest absolute Gasteiger partial charge is 0.352 e. The van der Waals surface area contributed by atoms with Crippen LogP contribution in [0.3, 0.4) is 0 Å². The van der Waals surface area contributed by atoms with Crippen LogP contribution in [0.15, 0.2) is 5.38 Å². The number of hydrogen-bond acceptors (Lipinski definition) is 5. The van der Waals surface area contributed by atoms with E-state index in [1.165, 1.54) is 10.9 Å². The van der Waals surface area contributed by atoms with Crippen molar-refractivity contribution in [2.45, 2.75) is 33.7 Å². The molecule has 0 aliphatic rings. The molecular weight excluding hydrogens is 268 g/mol. The second-order valence-electron chi connectivity index (χ2n) is 5.78. The zero-order chi connectivity index (χ0) is 14.9. The van der Waals surface area contributed by atoms with Crippen molar-refractivity contribution in [2.24, 2.45) is 0 Å². The Bertz CT molecular complexity index is 589. The zero-order valence-electron chi connectivity index (χ0n) is 13.3. The van der Waals surface area contributed by atoms with Crippen LogP contribution < -0.4 is 4.90 Å². The van der Waals surface area contributed by atoms with Gasteiger partial charge in [-0.2, -0.15) is 0 Å². The summed E-state index contributed by atoms with van der Waals surface area (Å²) in [7, 11) is 4.21. The highest BCUT2D eigenvalue weighted by Gasteiger charge is 2.18.